The second kappa shape index (κ2) is 9.86. The van der Waals surface area contributed by atoms with Crippen LogP contribution < -0.4 is 5.32 Å². The molecule has 0 fully saturated rings. The first-order chi connectivity index (χ1) is 13.2. The number of rotatable bonds is 8. The molecule has 0 atom stereocenters. The van der Waals surface area contributed by atoms with Crippen LogP contribution in [-0.2, 0) is 35.7 Å². The minimum Gasteiger partial charge on any atom is -0.372 e. The van der Waals surface area contributed by atoms with Crippen molar-refractivity contribution in [1.82, 2.24) is 10.3 Å². The van der Waals surface area contributed by atoms with Crippen molar-refractivity contribution >= 4 is 17.5 Å². The van der Waals surface area contributed by atoms with Crippen LogP contribution in [0.25, 0.3) is 0 Å². The van der Waals surface area contributed by atoms with Gasteiger partial charge >= 0.3 is 0 Å². The molecule has 1 aromatic heterocycles. The van der Waals surface area contributed by atoms with Crippen molar-refractivity contribution in [2.45, 2.75) is 26.2 Å². The van der Waals surface area contributed by atoms with Crippen molar-refractivity contribution in [3.05, 3.63) is 100 Å². The van der Waals surface area contributed by atoms with E-state index in [1.54, 1.807) is 18.3 Å². The van der Waals surface area contributed by atoms with E-state index >= 15 is 0 Å². The summed E-state index contributed by atoms with van der Waals surface area (Å²) in [6.45, 7) is 1.65. The topological polar surface area (TPSA) is 51.2 Å². The second-order valence-electron chi connectivity index (χ2n) is 6.24. The van der Waals surface area contributed by atoms with Crippen molar-refractivity contribution in [2.75, 3.05) is 0 Å². The third-order valence-electron chi connectivity index (χ3n) is 4.05. The molecule has 1 heterocycles. The van der Waals surface area contributed by atoms with Crippen molar-refractivity contribution < 1.29 is 9.53 Å². The summed E-state index contributed by atoms with van der Waals surface area (Å²) in [6.07, 6.45) is 1.90. The number of hydrogen-bond acceptors (Lipinski definition) is 3. The summed E-state index contributed by atoms with van der Waals surface area (Å²) >= 11 is 5.74. The average Bonchev–Trinajstić information content (AvgIpc) is 2.70. The number of carbonyl (C=O) groups excluding carboxylic acids is 1. The third kappa shape index (κ3) is 6.51. The molecule has 2 aromatic carbocycles. The number of benzene rings is 2. The number of aromatic nitrogens is 1. The highest BCUT2D eigenvalue weighted by Gasteiger charge is 2.04. The van der Waals surface area contributed by atoms with Crippen LogP contribution in [0.4, 0.5) is 0 Å². The molecule has 0 aliphatic rings. The smallest absolute Gasteiger partial charge is 0.224 e. The van der Waals surface area contributed by atoms with Gasteiger partial charge in [0.15, 0.2) is 0 Å². The summed E-state index contributed by atoms with van der Waals surface area (Å²) in [5, 5.41) is 3.34. The van der Waals surface area contributed by atoms with Crippen LogP contribution in [0.2, 0.25) is 5.15 Å². The Hall–Kier alpha value is -2.69. The fourth-order valence-corrected chi connectivity index (χ4v) is 2.69. The lowest BCUT2D eigenvalue weighted by molar-refractivity contribution is -0.120. The first kappa shape index (κ1) is 19.1. The molecular weight excluding hydrogens is 360 g/mol. The Kier molecular flexibility index (Phi) is 6.97. The van der Waals surface area contributed by atoms with Gasteiger partial charge in [-0.25, -0.2) is 4.98 Å². The van der Waals surface area contributed by atoms with Gasteiger partial charge in [0, 0.05) is 12.7 Å². The first-order valence-electron chi connectivity index (χ1n) is 8.75. The molecule has 0 radical (unpaired) electrons. The largest absolute Gasteiger partial charge is 0.372 e. The van der Waals surface area contributed by atoms with Crippen molar-refractivity contribution in [2.24, 2.45) is 0 Å². The summed E-state index contributed by atoms with van der Waals surface area (Å²) in [6, 6.07) is 21.6. The molecular formula is C22H21ClN2O2. The molecule has 0 spiro atoms. The molecule has 0 aliphatic carbocycles. The summed E-state index contributed by atoms with van der Waals surface area (Å²) in [7, 11) is 0. The Morgan fingerprint density at radius 3 is 2.15 bits per heavy atom. The molecule has 4 nitrogen and oxygen atoms in total. The molecule has 3 rings (SSSR count). The minimum absolute atomic E-state index is 0.0469. The quantitative estimate of drug-likeness (QED) is 0.592. The molecule has 3 aromatic rings. The number of nitrogens with zero attached hydrogens (tertiary/aromatic N) is 1. The van der Waals surface area contributed by atoms with E-state index in [2.05, 4.69) is 10.3 Å². The van der Waals surface area contributed by atoms with Crippen LogP contribution in [0.3, 0.4) is 0 Å². The van der Waals surface area contributed by atoms with Crippen molar-refractivity contribution in [3.8, 4) is 0 Å². The van der Waals surface area contributed by atoms with E-state index in [0.717, 1.165) is 22.3 Å². The van der Waals surface area contributed by atoms with Crippen LogP contribution in [0, 0.1) is 0 Å². The predicted molar refractivity (Wildman–Crippen MR) is 106 cm³/mol. The summed E-state index contributed by atoms with van der Waals surface area (Å²) in [4.78, 5) is 16.0. The second-order valence-corrected chi connectivity index (χ2v) is 6.62. The minimum atomic E-state index is -0.0469. The van der Waals surface area contributed by atoms with Gasteiger partial charge in [-0.1, -0.05) is 72.3 Å². The van der Waals surface area contributed by atoms with Gasteiger partial charge < -0.3 is 10.1 Å². The summed E-state index contributed by atoms with van der Waals surface area (Å²) < 4.78 is 5.73. The lowest BCUT2D eigenvalue weighted by Crippen LogP contribution is -2.24. The maximum absolute atomic E-state index is 12.0. The normalized spacial score (nSPS) is 10.6. The standard InChI is InChI=1S/C22H21ClN2O2/c23-21-11-10-20(14-24-21)12-22(26)25-13-17-6-8-19(9-7-17)16-27-15-18-4-2-1-3-5-18/h1-11,14H,12-13,15-16H2,(H,25,26). The van der Waals surface area contributed by atoms with Gasteiger partial charge in [0.25, 0.3) is 0 Å². The zero-order valence-electron chi connectivity index (χ0n) is 14.9. The molecule has 27 heavy (non-hydrogen) atoms. The Morgan fingerprint density at radius 1 is 0.852 bits per heavy atom. The lowest BCUT2D eigenvalue weighted by atomic mass is 10.1. The Bertz CT molecular complexity index is 850. The number of hydrogen-bond donors (Lipinski definition) is 1. The van der Waals surface area contributed by atoms with E-state index in [0.29, 0.717) is 24.9 Å². The molecule has 0 aliphatic heterocycles. The molecule has 0 bridgehead atoms. The predicted octanol–water partition coefficient (Wildman–Crippen LogP) is 4.31. The molecule has 1 amide bonds. The first-order valence-corrected chi connectivity index (χ1v) is 9.13. The number of halogens is 1. The summed E-state index contributed by atoms with van der Waals surface area (Å²) in [5.74, 6) is -0.0469. The van der Waals surface area contributed by atoms with Gasteiger partial charge in [0.1, 0.15) is 5.15 Å². The monoisotopic (exact) mass is 380 g/mol. The van der Waals surface area contributed by atoms with E-state index in [4.69, 9.17) is 16.3 Å². The van der Waals surface area contributed by atoms with Gasteiger partial charge in [-0.15, -0.1) is 0 Å². The fourth-order valence-electron chi connectivity index (χ4n) is 2.57. The Balaban J connectivity index is 1.40. The van der Waals surface area contributed by atoms with Gasteiger partial charge in [0.05, 0.1) is 19.6 Å². The number of nitrogens with one attached hydrogen (secondary N) is 1. The molecule has 0 unspecified atom stereocenters. The molecule has 1 N–H and O–H groups in total. The highest BCUT2D eigenvalue weighted by Crippen LogP contribution is 2.09. The van der Waals surface area contributed by atoms with Gasteiger partial charge in [-0.2, -0.15) is 0 Å². The molecule has 0 saturated carbocycles. The maximum atomic E-state index is 12.0. The van der Waals surface area contributed by atoms with Crippen LogP contribution in [-0.4, -0.2) is 10.9 Å². The zero-order valence-corrected chi connectivity index (χ0v) is 15.7. The molecule has 5 heteroatoms. The number of pyridine rings is 1. The van der Waals surface area contributed by atoms with Crippen LogP contribution in [0.15, 0.2) is 72.9 Å². The summed E-state index contributed by atoms with van der Waals surface area (Å²) in [5.41, 5.74) is 4.15. The van der Waals surface area contributed by atoms with E-state index in [1.165, 1.54) is 0 Å². The van der Waals surface area contributed by atoms with E-state index in [9.17, 15) is 4.79 Å². The SMILES string of the molecule is O=C(Cc1ccc(Cl)nc1)NCc1ccc(COCc2ccccc2)cc1. The number of carbonyl (C=O) groups is 1. The number of amides is 1. The van der Waals surface area contributed by atoms with E-state index in [1.807, 2.05) is 54.6 Å². The Morgan fingerprint density at radius 2 is 1.48 bits per heavy atom. The molecule has 0 saturated heterocycles. The van der Waals surface area contributed by atoms with Crippen molar-refractivity contribution in [3.63, 3.8) is 0 Å². The van der Waals surface area contributed by atoms with Gasteiger partial charge in [-0.3, -0.25) is 4.79 Å². The lowest BCUT2D eigenvalue weighted by Gasteiger charge is -2.08. The third-order valence-corrected chi connectivity index (χ3v) is 4.27. The maximum Gasteiger partial charge on any atom is 0.224 e. The number of ether oxygens (including phenoxy) is 1. The Labute approximate surface area is 164 Å². The average molecular weight is 381 g/mol. The van der Waals surface area contributed by atoms with Gasteiger partial charge in [-0.05, 0) is 28.3 Å². The van der Waals surface area contributed by atoms with Crippen LogP contribution in [0.5, 0.6) is 0 Å². The fraction of sp³-hybridized carbons (Fsp3) is 0.182. The van der Waals surface area contributed by atoms with Gasteiger partial charge in [0.2, 0.25) is 5.91 Å². The van der Waals surface area contributed by atoms with E-state index < -0.39 is 0 Å². The van der Waals surface area contributed by atoms with Crippen LogP contribution in [0.1, 0.15) is 22.3 Å². The van der Waals surface area contributed by atoms with Crippen LogP contribution >= 0.6 is 11.6 Å². The molecule has 138 valence electrons. The highest BCUT2D eigenvalue weighted by molar-refractivity contribution is 6.29. The zero-order chi connectivity index (χ0) is 18.9. The van der Waals surface area contributed by atoms with Crippen molar-refractivity contribution in [1.29, 1.82) is 0 Å². The highest BCUT2D eigenvalue weighted by atomic mass is 35.5. The van der Waals surface area contributed by atoms with E-state index in [-0.39, 0.29) is 12.3 Å².